The minimum absolute atomic E-state index is 0.0214. The van der Waals surface area contributed by atoms with Crippen molar-refractivity contribution in [2.24, 2.45) is 17.8 Å². The first-order valence-corrected chi connectivity index (χ1v) is 12.6. The minimum atomic E-state index is -3.38. The molecule has 148 valence electrons. The molecule has 1 amide bonds. The highest BCUT2D eigenvalue weighted by Gasteiger charge is 2.51. The van der Waals surface area contributed by atoms with E-state index in [0.717, 1.165) is 54.7 Å². The maximum atomic E-state index is 12.7. The molecule has 4 saturated carbocycles. The SMILES string of the molecule is O=C(Cc1ccc(S(=O)(=O)N2CCCC2)s1)NC12CC3CC(CC(C3)C1)C2. The summed E-state index contributed by atoms with van der Waals surface area (Å²) in [4.78, 5) is 13.6. The van der Waals surface area contributed by atoms with Gasteiger partial charge in [0.15, 0.2) is 0 Å². The number of hydrogen-bond acceptors (Lipinski definition) is 4. The number of thiophene rings is 1. The van der Waals surface area contributed by atoms with E-state index >= 15 is 0 Å². The summed E-state index contributed by atoms with van der Waals surface area (Å²) in [5.74, 6) is 2.46. The highest BCUT2D eigenvalue weighted by Crippen LogP contribution is 2.55. The third kappa shape index (κ3) is 3.36. The molecule has 0 unspecified atom stereocenters. The van der Waals surface area contributed by atoms with Crippen molar-refractivity contribution in [1.29, 1.82) is 0 Å². The molecule has 1 N–H and O–H groups in total. The summed E-state index contributed by atoms with van der Waals surface area (Å²) in [5.41, 5.74) is 0.0214. The van der Waals surface area contributed by atoms with Crippen molar-refractivity contribution in [2.45, 2.75) is 67.5 Å². The van der Waals surface area contributed by atoms with Gasteiger partial charge in [0.05, 0.1) is 6.42 Å². The largest absolute Gasteiger partial charge is 0.350 e. The smallest absolute Gasteiger partial charge is 0.252 e. The van der Waals surface area contributed by atoms with E-state index in [1.165, 1.54) is 30.6 Å². The zero-order valence-electron chi connectivity index (χ0n) is 15.7. The predicted molar refractivity (Wildman–Crippen MR) is 105 cm³/mol. The molecule has 5 aliphatic rings. The summed E-state index contributed by atoms with van der Waals surface area (Å²) >= 11 is 1.26. The van der Waals surface area contributed by atoms with Crippen LogP contribution in [0.15, 0.2) is 16.3 Å². The maximum absolute atomic E-state index is 12.7. The molecule has 4 aliphatic carbocycles. The zero-order valence-corrected chi connectivity index (χ0v) is 17.3. The van der Waals surface area contributed by atoms with E-state index in [9.17, 15) is 13.2 Å². The number of rotatable bonds is 5. The number of nitrogens with zero attached hydrogens (tertiary/aromatic N) is 1. The zero-order chi connectivity index (χ0) is 18.6. The fourth-order valence-corrected chi connectivity index (χ4v) is 9.44. The Balaban J connectivity index is 1.25. The standard InChI is InChI=1S/C20H28N2O3S2/c23-18(21-20-11-14-7-15(12-20)9-16(8-14)13-20)10-17-3-4-19(26-17)27(24,25)22-5-1-2-6-22/h3-4,14-16H,1-2,5-13H2,(H,21,23). The second kappa shape index (κ2) is 6.56. The van der Waals surface area contributed by atoms with Crippen molar-refractivity contribution in [3.63, 3.8) is 0 Å². The first-order chi connectivity index (χ1) is 12.9. The molecule has 2 heterocycles. The van der Waals surface area contributed by atoms with E-state index in [1.54, 1.807) is 10.4 Å². The van der Waals surface area contributed by atoms with Crippen molar-refractivity contribution in [2.75, 3.05) is 13.1 Å². The number of hydrogen-bond donors (Lipinski definition) is 1. The summed E-state index contributed by atoms with van der Waals surface area (Å²) < 4.78 is 27.3. The van der Waals surface area contributed by atoms with Gasteiger partial charge in [-0.15, -0.1) is 11.3 Å². The van der Waals surface area contributed by atoms with Crippen LogP contribution < -0.4 is 5.32 Å². The van der Waals surface area contributed by atoms with Gasteiger partial charge < -0.3 is 5.32 Å². The summed E-state index contributed by atoms with van der Waals surface area (Å²) in [6.07, 6.45) is 9.67. The van der Waals surface area contributed by atoms with Crippen molar-refractivity contribution in [1.82, 2.24) is 9.62 Å². The molecule has 4 bridgehead atoms. The number of sulfonamides is 1. The number of nitrogens with one attached hydrogen (secondary N) is 1. The number of amides is 1. The number of carbonyl (C=O) groups is 1. The molecule has 1 saturated heterocycles. The van der Waals surface area contributed by atoms with Gasteiger partial charge in [0.25, 0.3) is 10.0 Å². The van der Waals surface area contributed by atoms with Crippen molar-refractivity contribution >= 4 is 27.3 Å². The lowest BCUT2D eigenvalue weighted by atomic mass is 9.53. The van der Waals surface area contributed by atoms with Gasteiger partial charge in [-0.1, -0.05) is 0 Å². The Labute approximate surface area is 165 Å². The molecular weight excluding hydrogens is 380 g/mol. The maximum Gasteiger partial charge on any atom is 0.252 e. The van der Waals surface area contributed by atoms with E-state index in [0.29, 0.717) is 23.7 Å². The topological polar surface area (TPSA) is 66.5 Å². The fraction of sp³-hybridized carbons (Fsp3) is 0.750. The van der Waals surface area contributed by atoms with Crippen LogP contribution in [0.3, 0.4) is 0 Å². The molecule has 7 heteroatoms. The van der Waals surface area contributed by atoms with E-state index in [4.69, 9.17) is 0 Å². The normalized spacial score (nSPS) is 35.6. The minimum Gasteiger partial charge on any atom is -0.350 e. The van der Waals surface area contributed by atoms with Crippen LogP contribution in [0.25, 0.3) is 0 Å². The highest BCUT2D eigenvalue weighted by atomic mass is 32.2. The molecule has 27 heavy (non-hydrogen) atoms. The van der Waals surface area contributed by atoms with Crippen molar-refractivity contribution in [3.8, 4) is 0 Å². The molecular formula is C20H28N2O3S2. The number of carbonyl (C=O) groups excluding carboxylic acids is 1. The first kappa shape index (κ1) is 18.1. The van der Waals surface area contributed by atoms with Crippen LogP contribution in [0.1, 0.15) is 56.2 Å². The molecule has 0 aromatic carbocycles. The average Bonchev–Trinajstić information content (AvgIpc) is 3.24. The van der Waals surface area contributed by atoms with Gasteiger partial charge in [-0.3, -0.25) is 4.79 Å². The molecule has 0 radical (unpaired) electrons. The second-order valence-corrected chi connectivity index (χ2v) is 12.6. The van der Waals surface area contributed by atoms with E-state index < -0.39 is 10.0 Å². The molecule has 1 aromatic heterocycles. The lowest BCUT2D eigenvalue weighted by molar-refractivity contribution is -0.126. The lowest BCUT2D eigenvalue weighted by Gasteiger charge is -2.56. The Hall–Kier alpha value is -0.920. The summed E-state index contributed by atoms with van der Waals surface area (Å²) in [6.45, 7) is 1.23. The van der Waals surface area contributed by atoms with Gasteiger partial charge >= 0.3 is 0 Å². The summed E-state index contributed by atoms with van der Waals surface area (Å²) in [5, 5.41) is 3.38. The molecule has 5 fully saturated rings. The van der Waals surface area contributed by atoms with Crippen LogP contribution in [0.5, 0.6) is 0 Å². The summed E-state index contributed by atoms with van der Waals surface area (Å²) in [6, 6.07) is 3.48. The molecule has 1 aromatic rings. The fourth-order valence-electron chi connectivity index (χ4n) is 6.41. The van der Waals surface area contributed by atoms with E-state index in [2.05, 4.69) is 5.32 Å². The average molecular weight is 409 g/mol. The Kier molecular flexibility index (Phi) is 4.41. The van der Waals surface area contributed by atoms with Crippen LogP contribution >= 0.6 is 11.3 Å². The predicted octanol–water partition coefficient (Wildman–Crippen LogP) is 3.16. The van der Waals surface area contributed by atoms with Crippen LogP contribution in [-0.4, -0.2) is 37.3 Å². The first-order valence-electron chi connectivity index (χ1n) is 10.3. The highest BCUT2D eigenvalue weighted by molar-refractivity contribution is 7.91. The van der Waals surface area contributed by atoms with Gasteiger partial charge in [-0.2, -0.15) is 4.31 Å². The van der Waals surface area contributed by atoms with Gasteiger partial charge in [0.1, 0.15) is 4.21 Å². The van der Waals surface area contributed by atoms with Crippen LogP contribution in [-0.2, 0) is 21.2 Å². The molecule has 5 nitrogen and oxygen atoms in total. The Morgan fingerprint density at radius 2 is 1.67 bits per heavy atom. The van der Waals surface area contributed by atoms with Gasteiger partial charge in [0.2, 0.25) is 5.91 Å². The van der Waals surface area contributed by atoms with Crippen LogP contribution in [0.2, 0.25) is 0 Å². The Morgan fingerprint density at radius 1 is 1.07 bits per heavy atom. The third-order valence-electron chi connectivity index (χ3n) is 7.07. The van der Waals surface area contributed by atoms with Crippen LogP contribution in [0, 0.1) is 17.8 Å². The van der Waals surface area contributed by atoms with Crippen LogP contribution in [0.4, 0.5) is 0 Å². The molecule has 6 rings (SSSR count). The Bertz CT molecular complexity index is 804. The quantitative estimate of drug-likeness (QED) is 0.814. The monoisotopic (exact) mass is 408 g/mol. The van der Waals surface area contributed by atoms with Gasteiger partial charge in [-0.05, 0) is 81.3 Å². The lowest BCUT2D eigenvalue weighted by Crippen LogP contribution is -2.60. The third-order valence-corrected chi connectivity index (χ3v) is 10.5. The summed E-state index contributed by atoms with van der Waals surface area (Å²) in [7, 11) is -3.38. The molecule has 0 atom stereocenters. The van der Waals surface area contributed by atoms with Gasteiger partial charge in [-0.25, -0.2) is 8.42 Å². The Morgan fingerprint density at radius 3 is 2.26 bits per heavy atom. The molecule has 1 aliphatic heterocycles. The van der Waals surface area contributed by atoms with E-state index in [1.807, 2.05) is 6.07 Å². The second-order valence-electron chi connectivity index (χ2n) is 9.25. The van der Waals surface area contributed by atoms with Crippen molar-refractivity contribution < 1.29 is 13.2 Å². The molecule has 0 spiro atoms. The van der Waals surface area contributed by atoms with Crippen molar-refractivity contribution in [3.05, 3.63) is 17.0 Å². The van der Waals surface area contributed by atoms with Gasteiger partial charge in [0, 0.05) is 23.5 Å². The van der Waals surface area contributed by atoms with E-state index in [-0.39, 0.29) is 11.4 Å².